The molecule has 1 aliphatic rings. The normalized spacial score (nSPS) is 17.7. The molecular weight excluding hydrogens is 342 g/mol. The Morgan fingerprint density at radius 1 is 1.28 bits per heavy atom. The lowest BCUT2D eigenvalue weighted by Gasteiger charge is -2.26. The zero-order valence-electron chi connectivity index (χ0n) is 13.9. The maximum Gasteiger partial charge on any atom is 0.290 e. The first-order valence-corrected chi connectivity index (χ1v) is 8.34. The summed E-state index contributed by atoms with van der Waals surface area (Å²) in [5.41, 5.74) is 0.825. The molecule has 1 unspecified atom stereocenters. The number of carbonyl (C=O) groups is 2. The number of hydrogen-bond acceptors (Lipinski definition) is 4. The van der Waals surface area contributed by atoms with Gasteiger partial charge in [-0.3, -0.25) is 9.59 Å². The lowest BCUT2D eigenvalue weighted by Crippen LogP contribution is -2.31. The monoisotopic (exact) mass is 359 g/mol. The van der Waals surface area contributed by atoms with E-state index < -0.39 is 17.7 Å². The fourth-order valence-electron chi connectivity index (χ4n) is 2.94. The summed E-state index contributed by atoms with van der Waals surface area (Å²) in [4.78, 5) is 26.7. The summed E-state index contributed by atoms with van der Waals surface area (Å²) in [5, 5.41) is 10.9. The smallest absolute Gasteiger partial charge is 0.290 e. The fraction of sp³-hybridized carbons (Fsp3) is 0.263. The molecule has 1 amide bonds. The molecule has 1 N–H and O–H groups in total. The van der Waals surface area contributed by atoms with Gasteiger partial charge in [0.15, 0.2) is 11.5 Å². The summed E-state index contributed by atoms with van der Waals surface area (Å²) < 4.78 is 5.33. The molecule has 2 heterocycles. The zero-order valence-corrected chi connectivity index (χ0v) is 14.7. The van der Waals surface area contributed by atoms with Crippen LogP contribution in [0.15, 0.2) is 58.4 Å². The van der Waals surface area contributed by atoms with Gasteiger partial charge in [-0.05, 0) is 29.8 Å². The van der Waals surface area contributed by atoms with Crippen molar-refractivity contribution in [1.29, 1.82) is 0 Å². The van der Waals surface area contributed by atoms with Crippen LogP contribution in [0.1, 0.15) is 31.2 Å². The minimum atomic E-state index is -0.676. The Balaban J connectivity index is 2.07. The van der Waals surface area contributed by atoms with Gasteiger partial charge >= 0.3 is 0 Å². The van der Waals surface area contributed by atoms with Gasteiger partial charge in [0.25, 0.3) is 5.91 Å². The number of Topliss-reactive ketones (excluding diaryl/α,β-unsaturated/α-hetero) is 1. The van der Waals surface area contributed by atoms with Crippen molar-refractivity contribution < 1.29 is 19.1 Å². The fourth-order valence-corrected chi connectivity index (χ4v) is 3.07. The molecule has 6 heteroatoms. The predicted molar refractivity (Wildman–Crippen MR) is 93.0 cm³/mol. The van der Waals surface area contributed by atoms with Gasteiger partial charge in [0.2, 0.25) is 0 Å². The van der Waals surface area contributed by atoms with Gasteiger partial charge in [-0.25, -0.2) is 0 Å². The van der Waals surface area contributed by atoms with Gasteiger partial charge in [0.1, 0.15) is 5.76 Å². The van der Waals surface area contributed by atoms with Crippen molar-refractivity contribution in [3.63, 3.8) is 0 Å². The molecule has 3 rings (SSSR count). The summed E-state index contributed by atoms with van der Waals surface area (Å²) in [6.07, 6.45) is 1.51. The van der Waals surface area contributed by atoms with Crippen molar-refractivity contribution in [2.45, 2.75) is 26.4 Å². The van der Waals surface area contributed by atoms with Crippen molar-refractivity contribution in [3.8, 4) is 0 Å². The van der Waals surface area contributed by atoms with E-state index in [-0.39, 0.29) is 23.8 Å². The molecule has 1 aromatic carbocycles. The van der Waals surface area contributed by atoms with Crippen LogP contribution in [0, 0.1) is 5.92 Å². The zero-order chi connectivity index (χ0) is 18.1. The summed E-state index contributed by atoms with van der Waals surface area (Å²) >= 11 is 5.95. The molecule has 5 nitrogen and oxygen atoms in total. The highest BCUT2D eigenvalue weighted by molar-refractivity contribution is 6.30. The number of ketones is 1. The first-order chi connectivity index (χ1) is 11.9. The van der Waals surface area contributed by atoms with Crippen LogP contribution in [0.2, 0.25) is 5.02 Å². The number of benzene rings is 1. The molecule has 0 saturated heterocycles. The second-order valence-corrected chi connectivity index (χ2v) is 6.68. The average Bonchev–Trinajstić information content (AvgIpc) is 3.17. The van der Waals surface area contributed by atoms with Crippen LogP contribution in [-0.2, 0) is 16.1 Å². The van der Waals surface area contributed by atoms with Crippen molar-refractivity contribution in [3.05, 3.63) is 70.3 Å². The summed E-state index contributed by atoms with van der Waals surface area (Å²) in [5.74, 6) is -1.11. The lowest BCUT2D eigenvalue weighted by molar-refractivity contribution is -0.130. The highest BCUT2D eigenvalue weighted by atomic mass is 35.5. The maximum absolute atomic E-state index is 12.7. The largest absolute Gasteiger partial charge is 0.503 e. The Morgan fingerprint density at radius 3 is 2.52 bits per heavy atom. The minimum absolute atomic E-state index is 0.119. The molecule has 130 valence electrons. The van der Waals surface area contributed by atoms with Gasteiger partial charge in [-0.1, -0.05) is 37.6 Å². The number of aliphatic hydroxyl groups excluding tert-OH is 1. The van der Waals surface area contributed by atoms with Gasteiger partial charge in [-0.2, -0.15) is 0 Å². The van der Waals surface area contributed by atoms with Crippen LogP contribution in [-0.4, -0.2) is 21.7 Å². The van der Waals surface area contributed by atoms with Gasteiger partial charge in [-0.15, -0.1) is 0 Å². The average molecular weight is 360 g/mol. The van der Waals surface area contributed by atoms with E-state index in [9.17, 15) is 14.7 Å². The number of carbonyl (C=O) groups excluding carboxylic acids is 2. The van der Waals surface area contributed by atoms with Crippen LogP contribution in [0.5, 0.6) is 0 Å². The number of aliphatic hydroxyl groups is 1. The second-order valence-electron chi connectivity index (χ2n) is 6.25. The van der Waals surface area contributed by atoms with Crippen LogP contribution in [0.3, 0.4) is 0 Å². The minimum Gasteiger partial charge on any atom is -0.503 e. The van der Waals surface area contributed by atoms with E-state index in [1.165, 1.54) is 11.2 Å². The number of rotatable bonds is 5. The molecule has 0 radical (unpaired) electrons. The summed E-state index contributed by atoms with van der Waals surface area (Å²) in [7, 11) is 0. The molecule has 0 aliphatic carbocycles. The van der Waals surface area contributed by atoms with Gasteiger partial charge in [0, 0.05) is 10.9 Å². The predicted octanol–water partition coefficient (Wildman–Crippen LogP) is 4.05. The van der Waals surface area contributed by atoms with Crippen LogP contribution >= 0.6 is 11.6 Å². The summed E-state index contributed by atoms with van der Waals surface area (Å²) in [6.45, 7) is 3.63. The Hall–Kier alpha value is -2.53. The van der Waals surface area contributed by atoms with Gasteiger partial charge in [0.05, 0.1) is 24.4 Å². The van der Waals surface area contributed by atoms with Gasteiger partial charge < -0.3 is 14.4 Å². The van der Waals surface area contributed by atoms with E-state index in [2.05, 4.69) is 0 Å². The van der Waals surface area contributed by atoms with E-state index in [0.717, 1.165) is 0 Å². The quantitative estimate of drug-likeness (QED) is 0.874. The third kappa shape index (κ3) is 3.20. The first kappa shape index (κ1) is 17.3. The van der Waals surface area contributed by atoms with Crippen LogP contribution in [0.4, 0.5) is 0 Å². The molecule has 1 aromatic heterocycles. The Morgan fingerprint density at radius 2 is 1.96 bits per heavy atom. The van der Waals surface area contributed by atoms with E-state index in [1.54, 1.807) is 50.2 Å². The van der Waals surface area contributed by atoms with Crippen LogP contribution in [0.25, 0.3) is 0 Å². The molecule has 1 atom stereocenters. The van der Waals surface area contributed by atoms with E-state index in [4.69, 9.17) is 16.0 Å². The van der Waals surface area contributed by atoms with Crippen LogP contribution < -0.4 is 0 Å². The third-order valence-electron chi connectivity index (χ3n) is 4.19. The lowest BCUT2D eigenvalue weighted by atomic mass is 9.91. The Bertz CT molecular complexity index is 822. The van der Waals surface area contributed by atoms with E-state index in [0.29, 0.717) is 16.3 Å². The Kier molecular flexibility index (Phi) is 4.68. The first-order valence-electron chi connectivity index (χ1n) is 7.96. The number of halogens is 1. The molecule has 0 saturated carbocycles. The highest BCUT2D eigenvalue weighted by Gasteiger charge is 2.44. The Labute approximate surface area is 150 Å². The van der Waals surface area contributed by atoms with E-state index in [1.807, 2.05) is 0 Å². The molecule has 0 bridgehead atoms. The van der Waals surface area contributed by atoms with Crippen molar-refractivity contribution in [2.75, 3.05) is 0 Å². The van der Waals surface area contributed by atoms with E-state index >= 15 is 0 Å². The standard InChI is InChI=1S/C19H18ClNO4/c1-11(2)17(22)15-16(12-5-7-13(20)8-6-12)21(19(24)18(15)23)10-14-4-3-9-25-14/h3-9,11,16,23H,10H2,1-2H3. The SMILES string of the molecule is CC(C)C(=O)C1=C(O)C(=O)N(Cc2ccco2)C1c1ccc(Cl)cc1. The van der Waals surface area contributed by atoms with Crippen molar-refractivity contribution >= 4 is 23.3 Å². The molecule has 0 spiro atoms. The molecule has 1 aliphatic heterocycles. The maximum atomic E-state index is 12.7. The van der Waals surface area contributed by atoms with Crippen molar-refractivity contribution in [1.82, 2.24) is 4.90 Å². The third-order valence-corrected chi connectivity index (χ3v) is 4.44. The molecule has 0 fully saturated rings. The number of nitrogens with zero attached hydrogens (tertiary/aromatic N) is 1. The molecule has 25 heavy (non-hydrogen) atoms. The second kappa shape index (κ2) is 6.76. The number of hydrogen-bond donors (Lipinski definition) is 1. The highest BCUT2D eigenvalue weighted by Crippen LogP contribution is 2.40. The van der Waals surface area contributed by atoms with Crippen molar-refractivity contribution in [2.24, 2.45) is 5.92 Å². The molecular formula is C19H18ClNO4. The summed E-state index contributed by atoms with van der Waals surface area (Å²) in [6, 6.07) is 9.68. The number of furan rings is 1. The number of amides is 1. The topological polar surface area (TPSA) is 70.8 Å². The molecule has 2 aromatic rings.